The average molecular weight is 253 g/mol. The van der Waals surface area contributed by atoms with E-state index >= 15 is 0 Å². The third-order valence-corrected chi connectivity index (χ3v) is 0. The second-order valence-electron chi connectivity index (χ2n) is 0.519. The molecular formula is C2H6LuO3. The molecule has 1 radical (unpaired) electrons. The van der Waals surface area contributed by atoms with Crippen molar-refractivity contribution in [2.24, 2.45) is 0 Å². The van der Waals surface area contributed by atoms with E-state index in [1.54, 1.807) is 0 Å². The minimum atomic E-state index is -0.833. The normalized spacial score (nSPS) is 4.17. The van der Waals surface area contributed by atoms with Crippen molar-refractivity contribution in [2.75, 3.05) is 0 Å². The van der Waals surface area contributed by atoms with Gasteiger partial charge in [-0.2, -0.15) is 0 Å². The van der Waals surface area contributed by atoms with E-state index in [0.717, 1.165) is 6.92 Å². The van der Waals surface area contributed by atoms with E-state index in [0.29, 0.717) is 0 Å². The molecule has 6 heavy (non-hydrogen) atoms. The van der Waals surface area contributed by atoms with Crippen molar-refractivity contribution in [3.05, 3.63) is 0 Å². The maximum Gasteiger partial charge on any atom is 0.300 e. The minimum absolute atomic E-state index is 0. The van der Waals surface area contributed by atoms with Crippen molar-refractivity contribution < 1.29 is 52.3 Å². The van der Waals surface area contributed by atoms with Crippen LogP contribution in [-0.2, 0) is 4.79 Å². The Kier molecular flexibility index (Phi) is 24.4. The molecule has 0 aromatic carbocycles. The molecule has 0 amide bonds. The Balaban J connectivity index is -0.0000000450. The maximum atomic E-state index is 9.00. The number of rotatable bonds is 0. The molecule has 0 fully saturated rings. The first-order valence-corrected chi connectivity index (χ1v) is 0.928. The summed E-state index contributed by atoms with van der Waals surface area (Å²) in [4.78, 5) is 9.00. The molecule has 0 bridgehead atoms. The van der Waals surface area contributed by atoms with Crippen LogP contribution in [-0.4, -0.2) is 16.6 Å². The van der Waals surface area contributed by atoms with Crippen molar-refractivity contribution in [3.8, 4) is 0 Å². The molecule has 4 heteroatoms. The van der Waals surface area contributed by atoms with Gasteiger partial charge in [-0.05, 0) is 0 Å². The molecule has 0 aliphatic carbocycles. The van der Waals surface area contributed by atoms with Gasteiger partial charge in [-0.15, -0.1) is 0 Å². The zero-order chi connectivity index (χ0) is 3.58. The van der Waals surface area contributed by atoms with E-state index in [1.807, 2.05) is 0 Å². The van der Waals surface area contributed by atoms with Gasteiger partial charge in [0.15, 0.2) is 0 Å². The smallest absolute Gasteiger partial charge is 0.300 e. The first-order chi connectivity index (χ1) is 1.73. The number of hydrogen-bond acceptors (Lipinski definition) is 1. The standard InChI is InChI=1S/C2H4O2.Lu.H2O/c1-2(3)4;;/h1H3,(H,3,4);;1H2. The zero-order valence-electron chi connectivity index (χ0n) is 3.11. The van der Waals surface area contributed by atoms with Crippen molar-refractivity contribution in [3.63, 3.8) is 0 Å². The van der Waals surface area contributed by atoms with Crippen molar-refractivity contribution >= 4 is 5.97 Å². The fraction of sp³-hybridized carbons (Fsp3) is 0.500. The summed E-state index contributed by atoms with van der Waals surface area (Å²) in [6.07, 6.45) is 0. The predicted molar refractivity (Wildman–Crippen MR) is 16.9 cm³/mol. The molecule has 3 N–H and O–H groups in total. The van der Waals surface area contributed by atoms with E-state index in [4.69, 9.17) is 9.90 Å². The second kappa shape index (κ2) is 9.18. The van der Waals surface area contributed by atoms with Crippen molar-refractivity contribution in [1.29, 1.82) is 0 Å². The molecule has 0 aromatic heterocycles. The van der Waals surface area contributed by atoms with E-state index in [-0.39, 0.29) is 42.4 Å². The van der Waals surface area contributed by atoms with Gasteiger partial charge in [0.25, 0.3) is 5.97 Å². The third kappa shape index (κ3) is 142. The summed E-state index contributed by atoms with van der Waals surface area (Å²) in [5.41, 5.74) is 0. The van der Waals surface area contributed by atoms with Crippen LogP contribution < -0.4 is 0 Å². The summed E-state index contributed by atoms with van der Waals surface area (Å²) in [6, 6.07) is 0. The molecular weight excluding hydrogens is 247 g/mol. The fourth-order valence-corrected chi connectivity index (χ4v) is 0. The molecule has 0 saturated heterocycles. The van der Waals surface area contributed by atoms with Gasteiger partial charge in [-0.25, -0.2) is 0 Å². The number of hydrogen-bond donors (Lipinski definition) is 1. The van der Waals surface area contributed by atoms with Crippen LogP contribution in [0.4, 0.5) is 0 Å². The molecule has 0 spiro atoms. The first kappa shape index (κ1) is 15.9. The van der Waals surface area contributed by atoms with Gasteiger partial charge in [-0.3, -0.25) is 4.79 Å². The quantitative estimate of drug-likeness (QED) is 0.618. The van der Waals surface area contributed by atoms with Crippen molar-refractivity contribution in [2.45, 2.75) is 6.92 Å². The number of carboxylic acid groups (broad SMARTS) is 1. The Morgan fingerprint density at radius 2 is 1.67 bits per heavy atom. The van der Waals surface area contributed by atoms with Crippen LogP contribution in [0.15, 0.2) is 0 Å². The Morgan fingerprint density at radius 3 is 1.67 bits per heavy atom. The molecule has 0 aliphatic rings. The largest absolute Gasteiger partial charge is 0.481 e. The molecule has 47 valence electrons. The van der Waals surface area contributed by atoms with Crippen molar-refractivity contribution in [1.82, 2.24) is 0 Å². The Morgan fingerprint density at radius 1 is 1.67 bits per heavy atom. The Hall–Kier alpha value is 0.664. The molecule has 0 atom stereocenters. The summed E-state index contributed by atoms with van der Waals surface area (Å²) in [5, 5.41) is 7.42. The molecule has 0 heterocycles. The third-order valence-electron chi connectivity index (χ3n) is 0. The van der Waals surface area contributed by atoms with E-state index in [9.17, 15) is 0 Å². The molecule has 3 nitrogen and oxygen atoms in total. The van der Waals surface area contributed by atoms with Crippen LogP contribution >= 0.6 is 0 Å². The van der Waals surface area contributed by atoms with E-state index in [1.165, 1.54) is 0 Å². The minimum Gasteiger partial charge on any atom is -0.481 e. The van der Waals surface area contributed by atoms with Gasteiger partial charge in [0.1, 0.15) is 0 Å². The summed E-state index contributed by atoms with van der Waals surface area (Å²) >= 11 is 0. The van der Waals surface area contributed by atoms with Gasteiger partial charge in [0.05, 0.1) is 0 Å². The van der Waals surface area contributed by atoms with Gasteiger partial charge in [-0.1, -0.05) is 0 Å². The first-order valence-electron chi connectivity index (χ1n) is 0.928. The summed E-state index contributed by atoms with van der Waals surface area (Å²) in [7, 11) is 0. The van der Waals surface area contributed by atoms with Crippen LogP contribution in [0.25, 0.3) is 0 Å². The van der Waals surface area contributed by atoms with Crippen LogP contribution in [0.5, 0.6) is 0 Å². The molecule has 0 aliphatic heterocycles. The zero-order valence-corrected chi connectivity index (χ0v) is 4.77. The maximum absolute atomic E-state index is 9.00. The second-order valence-corrected chi connectivity index (χ2v) is 0.519. The van der Waals surface area contributed by atoms with Gasteiger partial charge >= 0.3 is 0 Å². The predicted octanol–water partition coefficient (Wildman–Crippen LogP) is -0.734. The fourth-order valence-electron chi connectivity index (χ4n) is 0. The summed E-state index contributed by atoms with van der Waals surface area (Å²) in [5.74, 6) is -0.833. The molecule has 0 aromatic rings. The number of carbonyl (C=O) groups is 1. The molecule has 0 saturated carbocycles. The van der Waals surface area contributed by atoms with Crippen LogP contribution in [0.1, 0.15) is 6.92 Å². The molecule has 0 rings (SSSR count). The van der Waals surface area contributed by atoms with E-state index < -0.39 is 5.97 Å². The number of carboxylic acids is 1. The Bertz CT molecular complexity index is 31.8. The number of aliphatic carboxylic acids is 1. The Labute approximate surface area is 64.8 Å². The van der Waals surface area contributed by atoms with Gasteiger partial charge in [0.2, 0.25) is 0 Å². The summed E-state index contributed by atoms with van der Waals surface area (Å²) in [6.45, 7) is 1.08. The van der Waals surface area contributed by atoms with Crippen LogP contribution in [0, 0.1) is 36.9 Å². The summed E-state index contributed by atoms with van der Waals surface area (Å²) < 4.78 is 0. The SMILES string of the molecule is CC(=O)O.O.[Lu]. The molecule has 0 unspecified atom stereocenters. The monoisotopic (exact) mass is 253 g/mol. The average Bonchev–Trinajstić information content (AvgIpc) is 0.811. The van der Waals surface area contributed by atoms with Gasteiger partial charge < -0.3 is 10.6 Å². The van der Waals surface area contributed by atoms with Gasteiger partial charge in [0, 0.05) is 43.8 Å². The van der Waals surface area contributed by atoms with Crippen LogP contribution in [0.2, 0.25) is 0 Å². The topological polar surface area (TPSA) is 68.8 Å². The van der Waals surface area contributed by atoms with Crippen LogP contribution in [0.3, 0.4) is 0 Å². The van der Waals surface area contributed by atoms with E-state index in [2.05, 4.69) is 0 Å².